The number of carbonyl (C=O) groups excluding carboxylic acids is 5. The highest BCUT2D eigenvalue weighted by atomic mass is 16.4. The Bertz CT molecular complexity index is 1260. The third-order valence-electron chi connectivity index (χ3n) is 6.99. The number of benzene rings is 1. The minimum atomic E-state index is -1.65. The van der Waals surface area contributed by atoms with Crippen LogP contribution in [-0.4, -0.2) is 99.6 Å². The van der Waals surface area contributed by atoms with Crippen LogP contribution in [0, 0.1) is 5.92 Å². The Balaban J connectivity index is 3.22. The van der Waals surface area contributed by atoms with E-state index < -0.39 is 90.1 Å². The van der Waals surface area contributed by atoms with Crippen LogP contribution in [0.3, 0.4) is 0 Å². The van der Waals surface area contributed by atoms with Crippen molar-refractivity contribution in [2.75, 3.05) is 6.54 Å². The molecule has 17 nitrogen and oxygen atoms in total. The van der Waals surface area contributed by atoms with Gasteiger partial charge < -0.3 is 53.4 Å². The Hall–Kier alpha value is -4.77. The number of phenolic OH excluding ortho intramolecular Hbond substituents is 1. The summed E-state index contributed by atoms with van der Waals surface area (Å²) in [4.78, 5) is 88.0. The predicted octanol–water partition coefficient (Wildman–Crippen LogP) is -1.93. The van der Waals surface area contributed by atoms with Gasteiger partial charge in [-0.05, 0) is 63.3 Å². The molecule has 17 heteroatoms. The van der Waals surface area contributed by atoms with E-state index in [-0.39, 0.29) is 18.6 Å². The number of unbranched alkanes of at least 4 members (excludes halogenated alkanes) is 1. The molecule has 0 aliphatic heterocycles. The van der Waals surface area contributed by atoms with Crippen LogP contribution in [0.1, 0.15) is 58.9 Å². The Morgan fingerprint density at radius 1 is 0.702 bits per heavy atom. The molecule has 6 atom stereocenters. The monoisotopic (exact) mass is 665 g/mol. The molecule has 5 amide bonds. The standard InChI is InChI=1S/C30H47N7O10/c1-15(2)24(37-28(44)22(14-23(39)40)35-26(42)17(4)33-25(41)16(3)32)29(45)36-21(13-18-8-10-19(38)11-9-18)27(43)34-20(30(46)47)7-5-6-12-31/h8-11,15-17,20-22,24,38H,5-7,12-14,31-32H2,1-4H3,(H,33,41)(H,34,43)(H,35,42)(H,36,45)(H,37,44)(H,39,40)(H,46,47)/t16-,17-,20-,21-,22-,24-/m0/s1. The summed E-state index contributed by atoms with van der Waals surface area (Å²) >= 11 is 0. The summed E-state index contributed by atoms with van der Waals surface area (Å²) in [6, 6.07) is -1.92. The van der Waals surface area contributed by atoms with E-state index in [1.54, 1.807) is 13.8 Å². The lowest BCUT2D eigenvalue weighted by Gasteiger charge is -2.28. The van der Waals surface area contributed by atoms with Gasteiger partial charge in [-0.3, -0.25) is 28.8 Å². The molecule has 0 heterocycles. The molecule has 1 aromatic rings. The molecule has 0 aliphatic rings. The number of nitrogens with one attached hydrogen (secondary N) is 5. The number of nitrogens with two attached hydrogens (primary N) is 2. The van der Waals surface area contributed by atoms with Crippen LogP contribution >= 0.6 is 0 Å². The topological polar surface area (TPSA) is 292 Å². The van der Waals surface area contributed by atoms with Crippen LogP contribution < -0.4 is 38.1 Å². The number of amides is 5. The number of hydrogen-bond acceptors (Lipinski definition) is 10. The summed E-state index contributed by atoms with van der Waals surface area (Å²) in [5, 5.41) is 40.6. The first-order valence-corrected chi connectivity index (χ1v) is 15.2. The molecule has 0 aromatic heterocycles. The van der Waals surface area contributed by atoms with Crippen LogP contribution in [0.4, 0.5) is 0 Å². The average Bonchev–Trinajstić information content (AvgIpc) is 2.98. The first-order valence-electron chi connectivity index (χ1n) is 15.2. The van der Waals surface area contributed by atoms with Crippen LogP contribution in [0.2, 0.25) is 0 Å². The van der Waals surface area contributed by atoms with E-state index in [2.05, 4.69) is 26.6 Å². The number of phenols is 1. The van der Waals surface area contributed by atoms with Crippen molar-refractivity contribution >= 4 is 41.5 Å². The van der Waals surface area contributed by atoms with Crippen molar-refractivity contribution < 1.29 is 48.9 Å². The fourth-order valence-electron chi connectivity index (χ4n) is 4.24. The fourth-order valence-corrected chi connectivity index (χ4v) is 4.24. The van der Waals surface area contributed by atoms with E-state index in [0.29, 0.717) is 24.9 Å². The molecule has 0 fully saturated rings. The smallest absolute Gasteiger partial charge is 0.326 e. The SMILES string of the molecule is CC(C)[C@H](NC(=O)[C@H](CC(=O)O)NC(=O)[C@H](C)NC(=O)[C@H](C)N)C(=O)N[C@@H](Cc1ccc(O)cc1)C(=O)N[C@@H](CCCCN)C(=O)O. The lowest BCUT2D eigenvalue weighted by molar-refractivity contribution is -0.142. The Morgan fingerprint density at radius 2 is 1.26 bits per heavy atom. The summed E-state index contributed by atoms with van der Waals surface area (Å²) in [6.07, 6.45) is 0.0779. The number of aromatic hydroxyl groups is 1. The zero-order valence-electron chi connectivity index (χ0n) is 26.9. The number of aliphatic carboxylic acids is 2. The molecule has 47 heavy (non-hydrogen) atoms. The van der Waals surface area contributed by atoms with Crippen molar-refractivity contribution in [1.82, 2.24) is 26.6 Å². The summed E-state index contributed by atoms with van der Waals surface area (Å²) < 4.78 is 0. The normalized spacial score (nSPS) is 14.8. The summed E-state index contributed by atoms with van der Waals surface area (Å²) in [6.45, 7) is 6.19. The molecule has 0 radical (unpaired) electrons. The number of rotatable bonds is 20. The fraction of sp³-hybridized carbons (Fsp3) is 0.567. The molecule has 12 N–H and O–H groups in total. The zero-order valence-corrected chi connectivity index (χ0v) is 26.9. The first-order chi connectivity index (χ1) is 22.0. The highest BCUT2D eigenvalue weighted by Crippen LogP contribution is 2.13. The van der Waals surface area contributed by atoms with Crippen molar-refractivity contribution in [1.29, 1.82) is 0 Å². The molecule has 0 bridgehead atoms. The quantitative estimate of drug-likeness (QED) is 0.0682. The van der Waals surface area contributed by atoms with Crippen LogP contribution in [0.5, 0.6) is 5.75 Å². The Kier molecular flexibility index (Phi) is 16.9. The van der Waals surface area contributed by atoms with Gasteiger partial charge in [0.05, 0.1) is 12.5 Å². The van der Waals surface area contributed by atoms with Crippen molar-refractivity contribution in [2.45, 2.75) is 96.1 Å². The van der Waals surface area contributed by atoms with E-state index in [9.17, 15) is 48.9 Å². The molecule has 0 unspecified atom stereocenters. The molecule has 1 rings (SSSR count). The third-order valence-corrected chi connectivity index (χ3v) is 6.99. The van der Waals surface area contributed by atoms with Crippen molar-refractivity contribution in [3.63, 3.8) is 0 Å². The van der Waals surface area contributed by atoms with E-state index >= 15 is 0 Å². The van der Waals surface area contributed by atoms with Crippen molar-refractivity contribution in [3.05, 3.63) is 29.8 Å². The highest BCUT2D eigenvalue weighted by Gasteiger charge is 2.34. The summed E-state index contributed by atoms with van der Waals surface area (Å²) in [5.74, 6) is -7.59. The second-order valence-electron chi connectivity index (χ2n) is 11.5. The van der Waals surface area contributed by atoms with Gasteiger partial charge >= 0.3 is 11.9 Å². The number of carboxylic acid groups (broad SMARTS) is 2. The van der Waals surface area contributed by atoms with Crippen molar-refractivity contribution in [2.24, 2.45) is 17.4 Å². The van der Waals surface area contributed by atoms with Gasteiger partial charge in [0.25, 0.3) is 0 Å². The maximum absolute atomic E-state index is 13.5. The minimum absolute atomic E-state index is 0.0408. The molecular formula is C30H47N7O10. The zero-order chi connectivity index (χ0) is 35.8. The second kappa shape index (κ2) is 19.7. The Labute approximate surface area is 272 Å². The second-order valence-corrected chi connectivity index (χ2v) is 11.5. The molecule has 0 saturated carbocycles. The lowest BCUT2D eigenvalue weighted by atomic mass is 9.99. The predicted molar refractivity (Wildman–Crippen MR) is 168 cm³/mol. The highest BCUT2D eigenvalue weighted by molar-refractivity contribution is 5.97. The molecule has 262 valence electrons. The average molecular weight is 666 g/mol. The van der Waals surface area contributed by atoms with E-state index in [0.717, 1.165) is 0 Å². The van der Waals surface area contributed by atoms with Gasteiger partial charge in [-0.25, -0.2) is 4.79 Å². The van der Waals surface area contributed by atoms with Crippen molar-refractivity contribution in [3.8, 4) is 5.75 Å². The number of hydrogen-bond donors (Lipinski definition) is 10. The first kappa shape index (κ1) is 40.3. The summed E-state index contributed by atoms with van der Waals surface area (Å²) in [5.41, 5.74) is 11.5. The van der Waals surface area contributed by atoms with E-state index in [1.807, 2.05) is 0 Å². The van der Waals surface area contributed by atoms with E-state index in [4.69, 9.17) is 11.5 Å². The van der Waals surface area contributed by atoms with E-state index in [1.165, 1.54) is 38.1 Å². The van der Waals surface area contributed by atoms with Gasteiger partial charge in [0.2, 0.25) is 29.5 Å². The molecule has 1 aromatic carbocycles. The van der Waals surface area contributed by atoms with Gasteiger partial charge in [-0.15, -0.1) is 0 Å². The van der Waals surface area contributed by atoms with Crippen LogP contribution in [0.25, 0.3) is 0 Å². The maximum atomic E-state index is 13.5. The lowest BCUT2D eigenvalue weighted by Crippen LogP contribution is -2.60. The van der Waals surface area contributed by atoms with Gasteiger partial charge in [-0.2, -0.15) is 0 Å². The van der Waals surface area contributed by atoms with Gasteiger partial charge in [0, 0.05) is 6.42 Å². The maximum Gasteiger partial charge on any atom is 0.326 e. The Morgan fingerprint density at radius 3 is 1.77 bits per heavy atom. The molecule has 0 aliphatic carbocycles. The van der Waals surface area contributed by atoms with Crippen LogP contribution in [0.15, 0.2) is 24.3 Å². The molecule has 0 saturated heterocycles. The molecule has 0 spiro atoms. The summed E-state index contributed by atoms with van der Waals surface area (Å²) in [7, 11) is 0. The van der Waals surface area contributed by atoms with Crippen LogP contribution in [-0.2, 0) is 40.0 Å². The molecular weight excluding hydrogens is 618 g/mol. The van der Waals surface area contributed by atoms with Gasteiger partial charge in [0.1, 0.15) is 36.0 Å². The largest absolute Gasteiger partial charge is 0.508 e. The third kappa shape index (κ3) is 14.5. The van der Waals surface area contributed by atoms with Gasteiger partial charge in [0.15, 0.2) is 0 Å². The number of carboxylic acids is 2. The number of carbonyl (C=O) groups is 7. The van der Waals surface area contributed by atoms with Gasteiger partial charge in [-0.1, -0.05) is 26.0 Å². The minimum Gasteiger partial charge on any atom is -0.508 e.